The Balaban J connectivity index is 1.53. The SMILES string of the molecule is C[C@@H]1C[C@@H](C)CN(c2cc(NC(=O)C3CC3)ccc2-c2ncc3n2CCN(C)C3)C1. The number of anilines is 2. The molecule has 1 saturated carbocycles. The van der Waals surface area contributed by atoms with Gasteiger partial charge in [-0.25, -0.2) is 4.98 Å². The van der Waals surface area contributed by atoms with Crippen LogP contribution in [-0.2, 0) is 17.9 Å². The molecule has 0 unspecified atom stereocenters. The van der Waals surface area contributed by atoms with Crippen LogP contribution in [0.2, 0.25) is 0 Å². The fourth-order valence-corrected chi connectivity index (χ4v) is 5.14. The van der Waals surface area contributed by atoms with Crippen LogP contribution in [-0.4, -0.2) is 47.0 Å². The highest BCUT2D eigenvalue weighted by molar-refractivity contribution is 5.95. The summed E-state index contributed by atoms with van der Waals surface area (Å²) in [6.45, 7) is 9.73. The van der Waals surface area contributed by atoms with Crippen molar-refractivity contribution in [2.75, 3.05) is 36.9 Å². The third-order valence-corrected chi connectivity index (χ3v) is 6.74. The smallest absolute Gasteiger partial charge is 0.227 e. The monoisotopic (exact) mass is 407 g/mol. The number of imidazole rings is 1. The van der Waals surface area contributed by atoms with E-state index in [0.29, 0.717) is 11.8 Å². The number of amides is 1. The highest BCUT2D eigenvalue weighted by atomic mass is 16.2. The molecule has 6 heteroatoms. The van der Waals surface area contributed by atoms with Crippen molar-refractivity contribution in [2.45, 2.75) is 46.2 Å². The van der Waals surface area contributed by atoms with Crippen molar-refractivity contribution < 1.29 is 4.79 Å². The average Bonchev–Trinajstić information content (AvgIpc) is 3.48. The topological polar surface area (TPSA) is 53.4 Å². The number of hydrogen-bond acceptors (Lipinski definition) is 4. The van der Waals surface area contributed by atoms with E-state index in [1.54, 1.807) is 0 Å². The predicted molar refractivity (Wildman–Crippen MR) is 121 cm³/mol. The molecule has 2 fully saturated rings. The number of nitrogens with zero attached hydrogens (tertiary/aromatic N) is 4. The number of carbonyl (C=O) groups is 1. The summed E-state index contributed by atoms with van der Waals surface area (Å²) in [7, 11) is 2.16. The molecular formula is C24H33N5O. The van der Waals surface area contributed by atoms with Crippen LogP contribution in [0, 0.1) is 17.8 Å². The molecule has 3 aliphatic rings. The van der Waals surface area contributed by atoms with Gasteiger partial charge in [0, 0.05) is 55.6 Å². The summed E-state index contributed by atoms with van der Waals surface area (Å²) in [5.74, 6) is 2.75. The van der Waals surface area contributed by atoms with E-state index in [-0.39, 0.29) is 11.8 Å². The molecule has 0 radical (unpaired) electrons. The first kappa shape index (κ1) is 19.6. The summed E-state index contributed by atoms with van der Waals surface area (Å²) in [4.78, 5) is 22.1. The Kier molecular flexibility index (Phi) is 5.05. The lowest BCUT2D eigenvalue weighted by Gasteiger charge is -2.38. The van der Waals surface area contributed by atoms with Crippen molar-refractivity contribution in [3.05, 3.63) is 30.1 Å². The lowest BCUT2D eigenvalue weighted by molar-refractivity contribution is -0.117. The molecule has 1 saturated heterocycles. The molecule has 0 bridgehead atoms. The second kappa shape index (κ2) is 7.73. The maximum atomic E-state index is 12.4. The van der Waals surface area contributed by atoms with E-state index in [1.807, 2.05) is 12.3 Å². The normalized spacial score (nSPS) is 24.6. The zero-order valence-electron chi connectivity index (χ0n) is 18.4. The van der Waals surface area contributed by atoms with Gasteiger partial charge in [0.15, 0.2) is 0 Å². The van der Waals surface area contributed by atoms with E-state index >= 15 is 0 Å². The van der Waals surface area contributed by atoms with Crippen molar-refractivity contribution in [3.8, 4) is 11.4 Å². The minimum absolute atomic E-state index is 0.162. The number of piperidine rings is 1. The third kappa shape index (κ3) is 3.85. The van der Waals surface area contributed by atoms with E-state index in [2.05, 4.69) is 52.7 Å². The van der Waals surface area contributed by atoms with Crippen molar-refractivity contribution in [1.82, 2.24) is 14.5 Å². The Morgan fingerprint density at radius 1 is 1.13 bits per heavy atom. The number of likely N-dealkylation sites (N-methyl/N-ethyl adjacent to an activating group) is 1. The van der Waals surface area contributed by atoms with Gasteiger partial charge in [-0.05, 0) is 56.3 Å². The van der Waals surface area contributed by atoms with E-state index in [1.165, 1.54) is 23.4 Å². The molecule has 5 rings (SSSR count). The van der Waals surface area contributed by atoms with Crippen molar-refractivity contribution in [1.29, 1.82) is 0 Å². The summed E-state index contributed by atoms with van der Waals surface area (Å²) in [6, 6.07) is 6.39. The summed E-state index contributed by atoms with van der Waals surface area (Å²) in [6.07, 6.45) is 5.34. The van der Waals surface area contributed by atoms with Gasteiger partial charge in [-0.15, -0.1) is 0 Å². The highest BCUT2D eigenvalue weighted by Crippen LogP contribution is 2.38. The van der Waals surface area contributed by atoms with Gasteiger partial charge in [-0.2, -0.15) is 0 Å². The van der Waals surface area contributed by atoms with Gasteiger partial charge in [0.05, 0.1) is 11.9 Å². The van der Waals surface area contributed by atoms with Gasteiger partial charge >= 0.3 is 0 Å². The maximum Gasteiger partial charge on any atom is 0.227 e. The lowest BCUT2D eigenvalue weighted by atomic mass is 9.91. The van der Waals surface area contributed by atoms with Gasteiger partial charge in [-0.1, -0.05) is 13.8 Å². The molecule has 2 atom stereocenters. The Morgan fingerprint density at radius 2 is 1.90 bits per heavy atom. The molecule has 1 aromatic heterocycles. The first-order valence-electron chi connectivity index (χ1n) is 11.4. The molecule has 1 N–H and O–H groups in total. The maximum absolute atomic E-state index is 12.4. The molecule has 1 amide bonds. The summed E-state index contributed by atoms with van der Waals surface area (Å²) in [5, 5.41) is 3.15. The number of nitrogens with one attached hydrogen (secondary N) is 1. The van der Waals surface area contributed by atoms with E-state index < -0.39 is 0 Å². The number of carbonyl (C=O) groups excluding carboxylic acids is 1. The standard InChI is InChI=1S/C24H33N5O/c1-16-10-17(2)14-28(13-16)22-11-19(26-24(30)18-4-5-18)6-7-21(22)23-25-12-20-15-27(3)8-9-29(20)23/h6-7,11-12,16-18H,4-5,8-10,13-15H2,1-3H3,(H,26,30)/t16-,17-/m1/s1. The molecule has 6 nitrogen and oxygen atoms in total. The number of aromatic nitrogens is 2. The molecule has 30 heavy (non-hydrogen) atoms. The Labute approximate surface area is 179 Å². The predicted octanol–water partition coefficient (Wildman–Crippen LogP) is 3.83. The molecule has 2 aliphatic heterocycles. The second-order valence-corrected chi connectivity index (χ2v) is 9.81. The summed E-state index contributed by atoms with van der Waals surface area (Å²) < 4.78 is 2.37. The van der Waals surface area contributed by atoms with E-state index in [9.17, 15) is 4.79 Å². The first-order valence-corrected chi connectivity index (χ1v) is 11.4. The first-order chi connectivity index (χ1) is 14.5. The third-order valence-electron chi connectivity index (χ3n) is 6.74. The van der Waals surface area contributed by atoms with Gasteiger partial charge < -0.3 is 14.8 Å². The van der Waals surface area contributed by atoms with E-state index in [4.69, 9.17) is 4.98 Å². The summed E-state index contributed by atoms with van der Waals surface area (Å²) in [5.41, 5.74) is 4.56. The van der Waals surface area contributed by atoms with E-state index in [0.717, 1.165) is 57.1 Å². The highest BCUT2D eigenvalue weighted by Gasteiger charge is 2.30. The number of hydrogen-bond donors (Lipinski definition) is 1. The molecule has 1 aromatic carbocycles. The van der Waals surface area contributed by atoms with Crippen LogP contribution >= 0.6 is 0 Å². The zero-order chi connectivity index (χ0) is 20.8. The van der Waals surface area contributed by atoms with Gasteiger partial charge in [0.25, 0.3) is 0 Å². The van der Waals surface area contributed by atoms with Crippen molar-refractivity contribution >= 4 is 17.3 Å². The number of benzene rings is 1. The van der Waals surface area contributed by atoms with Gasteiger partial charge in [0.2, 0.25) is 5.91 Å². The molecular weight excluding hydrogens is 374 g/mol. The van der Waals surface area contributed by atoms with Crippen LogP contribution in [0.1, 0.15) is 38.8 Å². The Morgan fingerprint density at radius 3 is 2.63 bits per heavy atom. The largest absolute Gasteiger partial charge is 0.370 e. The van der Waals surface area contributed by atoms with Crippen molar-refractivity contribution in [3.63, 3.8) is 0 Å². The fourth-order valence-electron chi connectivity index (χ4n) is 5.14. The Bertz CT molecular complexity index is 937. The van der Waals surface area contributed by atoms with Crippen LogP contribution in [0.3, 0.4) is 0 Å². The van der Waals surface area contributed by atoms with Crippen LogP contribution in [0.5, 0.6) is 0 Å². The van der Waals surface area contributed by atoms with Crippen LogP contribution in [0.25, 0.3) is 11.4 Å². The lowest BCUT2D eigenvalue weighted by Crippen LogP contribution is -2.39. The van der Waals surface area contributed by atoms with Crippen molar-refractivity contribution in [2.24, 2.45) is 17.8 Å². The molecule has 1 aliphatic carbocycles. The Hall–Kier alpha value is -2.34. The fraction of sp³-hybridized carbons (Fsp3) is 0.583. The number of fused-ring (bicyclic) bond motifs is 1. The second-order valence-electron chi connectivity index (χ2n) is 9.81. The number of rotatable bonds is 4. The van der Waals surface area contributed by atoms with Crippen LogP contribution in [0.15, 0.2) is 24.4 Å². The average molecular weight is 408 g/mol. The summed E-state index contributed by atoms with van der Waals surface area (Å²) >= 11 is 0. The molecule has 2 aromatic rings. The van der Waals surface area contributed by atoms with Gasteiger partial charge in [-0.3, -0.25) is 9.69 Å². The van der Waals surface area contributed by atoms with Gasteiger partial charge in [0.1, 0.15) is 5.82 Å². The quantitative estimate of drug-likeness (QED) is 0.837. The molecule has 160 valence electrons. The molecule has 0 spiro atoms. The van der Waals surface area contributed by atoms with Crippen LogP contribution in [0.4, 0.5) is 11.4 Å². The minimum Gasteiger partial charge on any atom is -0.370 e. The zero-order valence-corrected chi connectivity index (χ0v) is 18.4. The van der Waals surface area contributed by atoms with Crippen LogP contribution < -0.4 is 10.2 Å². The molecule has 3 heterocycles. The minimum atomic E-state index is 0.162.